The van der Waals surface area contributed by atoms with Crippen molar-refractivity contribution < 1.29 is 0 Å². The first-order valence-electron chi connectivity index (χ1n) is 5.80. The highest BCUT2D eigenvalue weighted by Gasteiger charge is 2.08. The van der Waals surface area contributed by atoms with Crippen molar-refractivity contribution in [2.24, 2.45) is 5.73 Å². The van der Waals surface area contributed by atoms with Crippen LogP contribution in [-0.4, -0.2) is 21.5 Å². The number of aryl methyl sites for hydroxylation is 3. The van der Waals surface area contributed by atoms with E-state index in [1.54, 1.807) is 4.68 Å². The number of rotatable bonds is 3. The number of nitrogens with two attached hydrogens (primary N) is 1. The van der Waals surface area contributed by atoms with E-state index in [4.69, 9.17) is 5.73 Å². The Balaban J connectivity index is 2.41. The third kappa shape index (κ3) is 2.36. The van der Waals surface area contributed by atoms with Crippen molar-refractivity contribution in [2.45, 2.75) is 27.3 Å². The van der Waals surface area contributed by atoms with Crippen LogP contribution in [0.15, 0.2) is 18.3 Å². The van der Waals surface area contributed by atoms with Crippen molar-refractivity contribution in [2.75, 3.05) is 6.54 Å². The van der Waals surface area contributed by atoms with Crippen LogP contribution in [0.25, 0.3) is 11.3 Å². The lowest BCUT2D eigenvalue weighted by Gasteiger charge is -2.06. The summed E-state index contributed by atoms with van der Waals surface area (Å²) in [6, 6.07) is 4.36. The molecule has 1 aromatic carbocycles. The molecule has 0 saturated heterocycles. The van der Waals surface area contributed by atoms with Crippen LogP contribution in [0.3, 0.4) is 0 Å². The molecule has 4 heteroatoms. The van der Waals surface area contributed by atoms with E-state index in [1.165, 1.54) is 16.7 Å². The minimum Gasteiger partial charge on any atom is -0.329 e. The number of nitrogens with zero attached hydrogens (tertiary/aromatic N) is 3. The molecule has 0 fully saturated rings. The average molecular weight is 230 g/mol. The Morgan fingerprint density at radius 1 is 1.12 bits per heavy atom. The average Bonchev–Trinajstić information content (AvgIpc) is 2.72. The first kappa shape index (κ1) is 11.8. The van der Waals surface area contributed by atoms with E-state index in [0.29, 0.717) is 13.1 Å². The van der Waals surface area contributed by atoms with Gasteiger partial charge in [-0.1, -0.05) is 11.3 Å². The van der Waals surface area contributed by atoms with Gasteiger partial charge in [0.15, 0.2) is 0 Å². The lowest BCUT2D eigenvalue weighted by Crippen LogP contribution is -2.10. The summed E-state index contributed by atoms with van der Waals surface area (Å²) >= 11 is 0. The molecule has 2 aromatic rings. The zero-order valence-electron chi connectivity index (χ0n) is 10.6. The van der Waals surface area contributed by atoms with Gasteiger partial charge in [-0.25, -0.2) is 0 Å². The number of aromatic nitrogens is 3. The second-order valence-corrected chi connectivity index (χ2v) is 4.41. The van der Waals surface area contributed by atoms with Gasteiger partial charge in [0.25, 0.3) is 0 Å². The molecule has 0 aliphatic heterocycles. The van der Waals surface area contributed by atoms with Crippen LogP contribution >= 0.6 is 0 Å². The van der Waals surface area contributed by atoms with Crippen LogP contribution in [0.4, 0.5) is 0 Å². The molecule has 0 atom stereocenters. The molecule has 0 bridgehead atoms. The molecule has 17 heavy (non-hydrogen) atoms. The van der Waals surface area contributed by atoms with Gasteiger partial charge < -0.3 is 5.73 Å². The van der Waals surface area contributed by atoms with Crippen molar-refractivity contribution in [1.29, 1.82) is 0 Å². The Morgan fingerprint density at radius 2 is 1.82 bits per heavy atom. The zero-order chi connectivity index (χ0) is 12.4. The summed E-state index contributed by atoms with van der Waals surface area (Å²) in [4.78, 5) is 0. The minimum atomic E-state index is 0.578. The Labute approximate surface area is 101 Å². The van der Waals surface area contributed by atoms with E-state index in [2.05, 4.69) is 43.2 Å². The van der Waals surface area contributed by atoms with Gasteiger partial charge in [-0.2, -0.15) is 0 Å². The van der Waals surface area contributed by atoms with Gasteiger partial charge in [-0.3, -0.25) is 4.68 Å². The molecule has 0 aliphatic carbocycles. The van der Waals surface area contributed by atoms with Crippen molar-refractivity contribution in [3.63, 3.8) is 0 Å². The maximum Gasteiger partial charge on any atom is 0.113 e. The third-order valence-electron chi connectivity index (χ3n) is 3.01. The quantitative estimate of drug-likeness (QED) is 0.875. The Morgan fingerprint density at radius 3 is 2.53 bits per heavy atom. The second kappa shape index (κ2) is 4.67. The summed E-state index contributed by atoms with van der Waals surface area (Å²) in [5.41, 5.74) is 11.4. The summed E-state index contributed by atoms with van der Waals surface area (Å²) in [5, 5.41) is 8.26. The second-order valence-electron chi connectivity index (χ2n) is 4.41. The zero-order valence-corrected chi connectivity index (χ0v) is 10.6. The SMILES string of the molecule is Cc1cc(C)c(-c2cn(CCN)nn2)cc1C. The highest BCUT2D eigenvalue weighted by atomic mass is 15.4. The predicted octanol–water partition coefficient (Wildman–Crippen LogP) is 1.83. The van der Waals surface area contributed by atoms with Gasteiger partial charge in [0.05, 0.1) is 12.7 Å². The molecule has 4 nitrogen and oxygen atoms in total. The summed E-state index contributed by atoms with van der Waals surface area (Å²) in [5.74, 6) is 0. The summed E-state index contributed by atoms with van der Waals surface area (Å²) in [6.45, 7) is 7.62. The van der Waals surface area contributed by atoms with Crippen LogP contribution < -0.4 is 5.73 Å². The summed E-state index contributed by atoms with van der Waals surface area (Å²) in [7, 11) is 0. The monoisotopic (exact) mass is 230 g/mol. The molecule has 2 rings (SSSR count). The van der Waals surface area contributed by atoms with Gasteiger partial charge in [-0.05, 0) is 43.5 Å². The molecule has 1 heterocycles. The lowest BCUT2D eigenvalue weighted by molar-refractivity contribution is 0.598. The molecule has 0 unspecified atom stereocenters. The van der Waals surface area contributed by atoms with Crippen LogP contribution in [0.5, 0.6) is 0 Å². The molecule has 0 aliphatic rings. The molecular formula is C13H18N4. The minimum absolute atomic E-state index is 0.578. The number of hydrogen-bond acceptors (Lipinski definition) is 3. The van der Waals surface area contributed by atoms with Gasteiger partial charge in [-0.15, -0.1) is 5.10 Å². The first-order chi connectivity index (χ1) is 8.11. The van der Waals surface area contributed by atoms with Crippen molar-refractivity contribution in [3.05, 3.63) is 35.0 Å². The molecule has 0 spiro atoms. The van der Waals surface area contributed by atoms with Crippen LogP contribution in [0, 0.1) is 20.8 Å². The van der Waals surface area contributed by atoms with E-state index < -0.39 is 0 Å². The predicted molar refractivity (Wildman–Crippen MR) is 68.7 cm³/mol. The van der Waals surface area contributed by atoms with Crippen LogP contribution in [-0.2, 0) is 6.54 Å². The fourth-order valence-electron chi connectivity index (χ4n) is 1.90. The fourth-order valence-corrected chi connectivity index (χ4v) is 1.90. The summed E-state index contributed by atoms with van der Waals surface area (Å²) < 4.78 is 1.78. The molecular weight excluding hydrogens is 212 g/mol. The standard InChI is InChI=1S/C13H18N4/c1-9-6-11(3)12(7-10(9)2)13-8-17(5-4-14)16-15-13/h6-8H,4-5,14H2,1-3H3. The number of benzene rings is 1. The van der Waals surface area contributed by atoms with E-state index in [0.717, 1.165) is 11.3 Å². The molecule has 0 saturated carbocycles. The Bertz CT molecular complexity index is 528. The molecule has 0 amide bonds. The van der Waals surface area contributed by atoms with Crippen LogP contribution in [0.1, 0.15) is 16.7 Å². The van der Waals surface area contributed by atoms with E-state index >= 15 is 0 Å². The largest absolute Gasteiger partial charge is 0.329 e. The Kier molecular flexibility index (Phi) is 3.24. The molecule has 1 aromatic heterocycles. The van der Waals surface area contributed by atoms with E-state index in [-0.39, 0.29) is 0 Å². The van der Waals surface area contributed by atoms with Gasteiger partial charge in [0.2, 0.25) is 0 Å². The van der Waals surface area contributed by atoms with Gasteiger partial charge >= 0.3 is 0 Å². The normalized spacial score (nSPS) is 10.8. The van der Waals surface area contributed by atoms with E-state index in [1.807, 2.05) is 6.20 Å². The first-order valence-corrected chi connectivity index (χ1v) is 5.80. The topological polar surface area (TPSA) is 56.7 Å². The molecule has 2 N–H and O–H groups in total. The summed E-state index contributed by atoms with van der Waals surface area (Å²) in [6.07, 6.45) is 1.95. The number of hydrogen-bond donors (Lipinski definition) is 1. The maximum atomic E-state index is 5.49. The maximum absolute atomic E-state index is 5.49. The van der Waals surface area contributed by atoms with Gasteiger partial charge in [0, 0.05) is 12.1 Å². The third-order valence-corrected chi connectivity index (χ3v) is 3.01. The highest BCUT2D eigenvalue weighted by Crippen LogP contribution is 2.24. The van der Waals surface area contributed by atoms with Crippen molar-refractivity contribution in [1.82, 2.24) is 15.0 Å². The fraction of sp³-hybridized carbons (Fsp3) is 0.385. The molecule has 90 valence electrons. The Hall–Kier alpha value is -1.68. The van der Waals surface area contributed by atoms with E-state index in [9.17, 15) is 0 Å². The smallest absolute Gasteiger partial charge is 0.113 e. The van der Waals surface area contributed by atoms with Crippen molar-refractivity contribution in [3.8, 4) is 11.3 Å². The lowest BCUT2D eigenvalue weighted by atomic mass is 9.99. The van der Waals surface area contributed by atoms with Crippen molar-refractivity contribution >= 4 is 0 Å². The highest BCUT2D eigenvalue weighted by molar-refractivity contribution is 5.64. The van der Waals surface area contributed by atoms with Gasteiger partial charge in [0.1, 0.15) is 5.69 Å². The molecule has 0 radical (unpaired) electrons. The van der Waals surface area contributed by atoms with Crippen LogP contribution in [0.2, 0.25) is 0 Å².